The molecular weight excluding hydrogens is 605 g/mol. The van der Waals surface area contributed by atoms with Crippen molar-refractivity contribution in [3.8, 4) is 39.3 Å². The number of benzene rings is 7. The Morgan fingerprint density at radius 2 is 1.04 bits per heavy atom. The maximum Gasteiger partial charge on any atom is 0.144 e. The highest BCUT2D eigenvalue weighted by Crippen LogP contribution is 2.52. The Morgan fingerprint density at radius 3 is 1.64 bits per heavy atom. The predicted molar refractivity (Wildman–Crippen MR) is 213 cm³/mol. The van der Waals surface area contributed by atoms with E-state index in [4.69, 9.17) is 4.98 Å². The van der Waals surface area contributed by atoms with Crippen LogP contribution >= 0.6 is 0 Å². The van der Waals surface area contributed by atoms with E-state index in [1.165, 1.54) is 82.5 Å². The Balaban J connectivity index is 1.22. The standard InChI is InChI=1S/C48H42N2/c1-29(2)39-24-33(31-14-8-7-9-15-31)25-40(30(3)4)46(39)50-23-22-49-47(50)32-20-21-38-43-27-41-36-18-12-10-16-34(36)35-17-11-13-19-37(35)42(41)28-45(43)48(5,6)44(38)26-32/h7-30H,1-6H3. The van der Waals surface area contributed by atoms with Gasteiger partial charge in [0.2, 0.25) is 0 Å². The Morgan fingerprint density at radius 1 is 0.500 bits per heavy atom. The fraction of sp³-hybridized carbons (Fsp3) is 0.188. The first kappa shape index (κ1) is 30.6. The number of nitrogens with zero attached hydrogens (tertiary/aromatic N) is 2. The molecule has 8 aromatic rings. The summed E-state index contributed by atoms with van der Waals surface area (Å²) in [6, 6.07) is 45.3. The summed E-state index contributed by atoms with van der Waals surface area (Å²) in [6.07, 6.45) is 4.12. The molecule has 0 saturated heterocycles. The van der Waals surface area contributed by atoms with E-state index in [0.717, 1.165) is 11.4 Å². The SMILES string of the molecule is CC(C)c1cc(-c2ccccc2)cc(C(C)C)c1-n1ccnc1-c1ccc2c(c1)C(C)(C)c1cc3c4ccccc4c4ccccc4c3cc1-2. The second-order valence-corrected chi connectivity index (χ2v) is 15.2. The fourth-order valence-electron chi connectivity index (χ4n) is 8.60. The molecule has 1 heterocycles. The third kappa shape index (κ3) is 4.51. The lowest BCUT2D eigenvalue weighted by atomic mass is 9.80. The van der Waals surface area contributed by atoms with Gasteiger partial charge < -0.3 is 0 Å². The Labute approximate surface area is 295 Å². The molecule has 2 nitrogen and oxygen atoms in total. The van der Waals surface area contributed by atoms with Crippen LogP contribution in [0.25, 0.3) is 71.6 Å². The highest BCUT2D eigenvalue weighted by molar-refractivity contribution is 6.26. The van der Waals surface area contributed by atoms with Crippen molar-refractivity contribution in [2.75, 3.05) is 0 Å². The summed E-state index contributed by atoms with van der Waals surface area (Å²) in [5.41, 5.74) is 12.9. The molecule has 0 radical (unpaired) electrons. The van der Waals surface area contributed by atoms with Gasteiger partial charge in [-0.15, -0.1) is 0 Å². The zero-order chi connectivity index (χ0) is 34.3. The predicted octanol–water partition coefficient (Wildman–Crippen LogP) is 13.2. The maximum atomic E-state index is 5.04. The molecule has 0 aliphatic heterocycles. The molecule has 244 valence electrons. The monoisotopic (exact) mass is 646 g/mol. The van der Waals surface area contributed by atoms with Gasteiger partial charge in [0, 0.05) is 23.4 Å². The summed E-state index contributed by atoms with van der Waals surface area (Å²) >= 11 is 0. The zero-order valence-electron chi connectivity index (χ0n) is 29.8. The molecule has 0 amide bonds. The average molecular weight is 647 g/mol. The zero-order valence-corrected chi connectivity index (χ0v) is 29.8. The first-order chi connectivity index (χ1) is 24.2. The van der Waals surface area contributed by atoms with Gasteiger partial charge in [0.25, 0.3) is 0 Å². The van der Waals surface area contributed by atoms with Crippen LogP contribution in [0.2, 0.25) is 0 Å². The van der Waals surface area contributed by atoms with E-state index in [0.29, 0.717) is 11.8 Å². The Hall–Kier alpha value is -5.47. The van der Waals surface area contributed by atoms with Gasteiger partial charge in [0.05, 0.1) is 5.69 Å². The van der Waals surface area contributed by atoms with Crippen molar-refractivity contribution in [2.24, 2.45) is 0 Å². The molecule has 1 aliphatic rings. The second kappa shape index (κ2) is 11.3. The van der Waals surface area contributed by atoms with Crippen molar-refractivity contribution < 1.29 is 0 Å². The number of hydrogen-bond donors (Lipinski definition) is 0. The van der Waals surface area contributed by atoms with Crippen molar-refractivity contribution in [3.05, 3.63) is 156 Å². The summed E-state index contributed by atoms with van der Waals surface area (Å²) in [6.45, 7) is 14.0. The highest BCUT2D eigenvalue weighted by Gasteiger charge is 2.36. The minimum atomic E-state index is -0.164. The van der Waals surface area contributed by atoms with Crippen LogP contribution < -0.4 is 0 Å². The molecule has 1 aromatic heterocycles. The largest absolute Gasteiger partial charge is 0.299 e. The molecule has 0 atom stereocenters. The lowest BCUT2D eigenvalue weighted by molar-refractivity contribution is 0.661. The van der Waals surface area contributed by atoms with E-state index in [1.807, 2.05) is 6.20 Å². The van der Waals surface area contributed by atoms with Gasteiger partial charge >= 0.3 is 0 Å². The van der Waals surface area contributed by atoms with E-state index >= 15 is 0 Å². The lowest BCUT2D eigenvalue weighted by Crippen LogP contribution is -2.15. The fourth-order valence-corrected chi connectivity index (χ4v) is 8.60. The van der Waals surface area contributed by atoms with Crippen molar-refractivity contribution in [1.29, 1.82) is 0 Å². The van der Waals surface area contributed by atoms with E-state index in [2.05, 4.69) is 174 Å². The van der Waals surface area contributed by atoms with E-state index in [1.54, 1.807) is 0 Å². The molecule has 50 heavy (non-hydrogen) atoms. The molecule has 2 heteroatoms. The van der Waals surface area contributed by atoms with Gasteiger partial charge in [-0.05, 0) is 119 Å². The molecule has 9 rings (SSSR count). The molecule has 1 aliphatic carbocycles. The Bertz CT molecular complexity index is 2590. The van der Waals surface area contributed by atoms with Crippen molar-refractivity contribution >= 4 is 32.3 Å². The second-order valence-electron chi connectivity index (χ2n) is 15.2. The smallest absolute Gasteiger partial charge is 0.144 e. The minimum absolute atomic E-state index is 0.164. The summed E-state index contributed by atoms with van der Waals surface area (Å²) in [4.78, 5) is 5.04. The van der Waals surface area contributed by atoms with Crippen LogP contribution in [-0.4, -0.2) is 9.55 Å². The summed E-state index contributed by atoms with van der Waals surface area (Å²) < 4.78 is 2.35. The number of aromatic nitrogens is 2. The van der Waals surface area contributed by atoms with Crippen molar-refractivity contribution in [1.82, 2.24) is 9.55 Å². The minimum Gasteiger partial charge on any atom is -0.299 e. The van der Waals surface area contributed by atoms with Crippen LogP contribution in [0, 0.1) is 0 Å². The Kier molecular flexibility index (Phi) is 6.90. The quantitative estimate of drug-likeness (QED) is 0.170. The van der Waals surface area contributed by atoms with Gasteiger partial charge in [-0.25, -0.2) is 4.98 Å². The molecule has 0 N–H and O–H groups in total. The summed E-state index contributed by atoms with van der Waals surface area (Å²) in [5.74, 6) is 1.67. The summed E-state index contributed by atoms with van der Waals surface area (Å²) in [7, 11) is 0. The summed E-state index contributed by atoms with van der Waals surface area (Å²) in [5, 5.41) is 7.91. The van der Waals surface area contributed by atoms with E-state index in [-0.39, 0.29) is 5.41 Å². The molecule has 7 aromatic carbocycles. The van der Waals surface area contributed by atoms with Crippen LogP contribution in [0.4, 0.5) is 0 Å². The maximum absolute atomic E-state index is 5.04. The molecule has 0 spiro atoms. The van der Waals surface area contributed by atoms with Crippen molar-refractivity contribution in [2.45, 2.75) is 58.8 Å². The van der Waals surface area contributed by atoms with Gasteiger partial charge in [0.15, 0.2) is 0 Å². The van der Waals surface area contributed by atoms with E-state index < -0.39 is 0 Å². The topological polar surface area (TPSA) is 17.8 Å². The van der Waals surface area contributed by atoms with Crippen molar-refractivity contribution in [3.63, 3.8) is 0 Å². The van der Waals surface area contributed by atoms with Crippen LogP contribution in [-0.2, 0) is 5.41 Å². The number of rotatable bonds is 5. The first-order valence-electron chi connectivity index (χ1n) is 18.0. The number of hydrogen-bond acceptors (Lipinski definition) is 1. The third-order valence-electron chi connectivity index (χ3n) is 11.2. The first-order valence-corrected chi connectivity index (χ1v) is 18.0. The van der Waals surface area contributed by atoms with Gasteiger partial charge in [0.1, 0.15) is 5.82 Å². The van der Waals surface area contributed by atoms with Gasteiger partial charge in [-0.2, -0.15) is 0 Å². The van der Waals surface area contributed by atoms with Gasteiger partial charge in [-0.3, -0.25) is 4.57 Å². The van der Waals surface area contributed by atoms with Crippen LogP contribution in [0.3, 0.4) is 0 Å². The molecule has 0 fully saturated rings. The van der Waals surface area contributed by atoms with Crippen LogP contribution in [0.1, 0.15) is 75.6 Å². The highest BCUT2D eigenvalue weighted by atomic mass is 15.1. The molecule has 0 unspecified atom stereocenters. The number of imidazole rings is 1. The van der Waals surface area contributed by atoms with E-state index in [9.17, 15) is 0 Å². The normalized spacial score (nSPS) is 13.5. The lowest BCUT2D eigenvalue weighted by Gasteiger charge is -2.24. The van der Waals surface area contributed by atoms with Crippen LogP contribution in [0.5, 0.6) is 0 Å². The number of fused-ring (bicyclic) bond motifs is 9. The molecule has 0 bridgehead atoms. The molecule has 0 saturated carbocycles. The average Bonchev–Trinajstić information content (AvgIpc) is 3.71. The van der Waals surface area contributed by atoms with Gasteiger partial charge in [-0.1, -0.05) is 133 Å². The molecular formula is C48H42N2. The van der Waals surface area contributed by atoms with Crippen LogP contribution in [0.15, 0.2) is 134 Å². The third-order valence-corrected chi connectivity index (χ3v) is 11.2.